The van der Waals surface area contributed by atoms with E-state index in [1.165, 1.54) is 10.4 Å². The van der Waals surface area contributed by atoms with E-state index in [9.17, 15) is 9.59 Å². The highest BCUT2D eigenvalue weighted by molar-refractivity contribution is 7.10. The number of nitrogens with zero attached hydrogens (tertiary/aromatic N) is 2. The van der Waals surface area contributed by atoms with E-state index in [0.29, 0.717) is 31.5 Å². The minimum absolute atomic E-state index is 0.0389. The summed E-state index contributed by atoms with van der Waals surface area (Å²) in [5.41, 5.74) is 2.06. The van der Waals surface area contributed by atoms with Crippen LogP contribution in [0.4, 0.5) is 4.79 Å². The van der Waals surface area contributed by atoms with Gasteiger partial charge in [0.2, 0.25) is 5.91 Å². The number of carbonyl (C=O) groups excluding carboxylic acids is 2. The number of hydrogen-bond donors (Lipinski definition) is 1. The maximum atomic E-state index is 13.7. The molecule has 1 aromatic heterocycles. The van der Waals surface area contributed by atoms with Crippen molar-refractivity contribution in [3.63, 3.8) is 0 Å². The van der Waals surface area contributed by atoms with Gasteiger partial charge in [-0.15, -0.1) is 11.3 Å². The third-order valence-corrected chi connectivity index (χ3v) is 7.69. The minimum atomic E-state index is -0.369. The third kappa shape index (κ3) is 7.48. The van der Waals surface area contributed by atoms with Crippen LogP contribution in [0.5, 0.6) is 5.75 Å². The highest BCUT2D eigenvalue weighted by Gasteiger charge is 2.34. The van der Waals surface area contributed by atoms with Crippen molar-refractivity contribution < 1.29 is 14.3 Å². The molecule has 2 unspecified atom stereocenters. The number of benzene rings is 1. The van der Waals surface area contributed by atoms with Crippen molar-refractivity contribution in [3.05, 3.63) is 51.7 Å². The van der Waals surface area contributed by atoms with Crippen LogP contribution in [-0.2, 0) is 11.2 Å². The lowest BCUT2D eigenvalue weighted by Gasteiger charge is -2.37. The van der Waals surface area contributed by atoms with E-state index in [0.717, 1.165) is 24.2 Å². The molecule has 7 heteroatoms. The van der Waals surface area contributed by atoms with Gasteiger partial charge < -0.3 is 19.9 Å². The summed E-state index contributed by atoms with van der Waals surface area (Å²) in [6.45, 7) is 16.1. The highest BCUT2D eigenvalue weighted by Crippen LogP contribution is 2.34. The van der Waals surface area contributed by atoms with E-state index in [1.807, 2.05) is 37.8 Å². The monoisotopic (exact) mass is 513 g/mol. The van der Waals surface area contributed by atoms with Crippen LogP contribution in [0.1, 0.15) is 82.9 Å². The first-order chi connectivity index (χ1) is 17.0. The van der Waals surface area contributed by atoms with E-state index in [2.05, 4.69) is 56.6 Å². The Kier molecular flexibility index (Phi) is 9.45. The van der Waals surface area contributed by atoms with E-state index < -0.39 is 0 Å². The van der Waals surface area contributed by atoms with Gasteiger partial charge in [0.1, 0.15) is 18.9 Å². The summed E-state index contributed by atoms with van der Waals surface area (Å²) in [6, 6.07) is 9.95. The Balaban J connectivity index is 1.76. The minimum Gasteiger partial charge on any atom is -0.491 e. The van der Waals surface area contributed by atoms with Gasteiger partial charge in [-0.2, -0.15) is 0 Å². The Morgan fingerprint density at radius 3 is 2.47 bits per heavy atom. The third-order valence-electron chi connectivity index (χ3n) is 6.69. The maximum Gasteiger partial charge on any atom is 0.318 e. The molecule has 0 spiro atoms. The van der Waals surface area contributed by atoms with E-state index in [-0.39, 0.29) is 30.1 Å². The fraction of sp³-hybridized carbons (Fsp3) is 0.586. The Morgan fingerprint density at radius 1 is 1.17 bits per heavy atom. The summed E-state index contributed by atoms with van der Waals surface area (Å²) in [4.78, 5) is 31.6. The molecule has 6 nitrogen and oxygen atoms in total. The number of carbonyl (C=O) groups is 2. The Hall–Kier alpha value is -2.54. The summed E-state index contributed by atoms with van der Waals surface area (Å²) in [6.07, 6.45) is 1.78. The van der Waals surface area contributed by atoms with Gasteiger partial charge in [0, 0.05) is 23.5 Å². The van der Waals surface area contributed by atoms with Crippen LogP contribution in [0.25, 0.3) is 0 Å². The maximum absolute atomic E-state index is 13.7. The van der Waals surface area contributed by atoms with E-state index >= 15 is 0 Å². The number of hydrogen-bond acceptors (Lipinski definition) is 4. The summed E-state index contributed by atoms with van der Waals surface area (Å²) >= 11 is 1.74. The van der Waals surface area contributed by atoms with Crippen LogP contribution in [0.15, 0.2) is 35.7 Å². The lowest BCUT2D eigenvalue weighted by Crippen LogP contribution is -2.53. The molecule has 2 aromatic rings. The predicted octanol–water partition coefficient (Wildman–Crippen LogP) is 6.23. The second kappa shape index (κ2) is 12.1. The number of fused-ring (bicyclic) bond motifs is 1. The topological polar surface area (TPSA) is 61.9 Å². The Bertz CT molecular complexity index is 1010. The molecule has 1 aromatic carbocycles. The van der Waals surface area contributed by atoms with Crippen molar-refractivity contribution >= 4 is 23.3 Å². The largest absolute Gasteiger partial charge is 0.491 e. The number of amides is 3. The van der Waals surface area contributed by atoms with Gasteiger partial charge in [0.05, 0.1) is 6.04 Å². The van der Waals surface area contributed by atoms with Crippen LogP contribution >= 0.6 is 11.3 Å². The molecule has 0 aliphatic carbocycles. The van der Waals surface area contributed by atoms with Crippen LogP contribution in [0, 0.1) is 5.92 Å². The van der Waals surface area contributed by atoms with Gasteiger partial charge in [-0.05, 0) is 73.7 Å². The molecule has 3 rings (SSSR count). The number of ether oxygens (including phenoxy) is 1. The van der Waals surface area contributed by atoms with Gasteiger partial charge in [0.15, 0.2) is 0 Å². The fourth-order valence-corrected chi connectivity index (χ4v) is 5.31. The Morgan fingerprint density at radius 2 is 1.86 bits per heavy atom. The predicted molar refractivity (Wildman–Crippen MR) is 148 cm³/mol. The first-order valence-electron chi connectivity index (χ1n) is 13.1. The van der Waals surface area contributed by atoms with Crippen LogP contribution in [0.2, 0.25) is 0 Å². The molecule has 0 fully saturated rings. The summed E-state index contributed by atoms with van der Waals surface area (Å²) in [5, 5.41) is 5.12. The number of thiophene rings is 1. The zero-order valence-corrected chi connectivity index (χ0v) is 23.8. The van der Waals surface area contributed by atoms with Gasteiger partial charge in [-0.25, -0.2) is 4.79 Å². The van der Waals surface area contributed by atoms with Crippen molar-refractivity contribution in [2.45, 2.75) is 78.8 Å². The first kappa shape index (κ1) is 28.0. The fourth-order valence-electron chi connectivity index (χ4n) is 4.38. The summed E-state index contributed by atoms with van der Waals surface area (Å²) in [5.74, 6) is 1.54. The lowest BCUT2D eigenvalue weighted by molar-refractivity contribution is -0.135. The van der Waals surface area contributed by atoms with Crippen molar-refractivity contribution in [3.8, 4) is 5.75 Å². The van der Waals surface area contributed by atoms with Gasteiger partial charge >= 0.3 is 6.03 Å². The lowest BCUT2D eigenvalue weighted by atomic mass is 10.00. The molecule has 1 N–H and O–H groups in total. The highest BCUT2D eigenvalue weighted by atomic mass is 32.1. The number of urea groups is 1. The van der Waals surface area contributed by atoms with Gasteiger partial charge in [-0.1, -0.05) is 46.2 Å². The normalized spacial score (nSPS) is 16.4. The van der Waals surface area contributed by atoms with Crippen LogP contribution < -0.4 is 10.1 Å². The molecule has 3 amide bonds. The second-order valence-electron chi connectivity index (χ2n) is 11.3. The molecule has 2 heterocycles. The summed E-state index contributed by atoms with van der Waals surface area (Å²) in [7, 11) is 0. The molecule has 0 bridgehead atoms. The average Bonchev–Trinajstić information content (AvgIpc) is 3.30. The molecule has 36 heavy (non-hydrogen) atoms. The smallest absolute Gasteiger partial charge is 0.318 e. The van der Waals surface area contributed by atoms with Crippen LogP contribution in [-0.4, -0.2) is 53.5 Å². The van der Waals surface area contributed by atoms with Crippen molar-refractivity contribution in [2.75, 3.05) is 26.2 Å². The average molecular weight is 514 g/mol. The zero-order chi connectivity index (χ0) is 26.5. The van der Waals surface area contributed by atoms with E-state index in [1.54, 1.807) is 16.2 Å². The number of nitrogens with one attached hydrogen (secondary N) is 1. The molecular weight excluding hydrogens is 470 g/mol. The number of rotatable bonds is 9. The zero-order valence-electron chi connectivity index (χ0n) is 23.0. The molecule has 1 aliphatic rings. The molecule has 2 atom stereocenters. The second-order valence-corrected chi connectivity index (χ2v) is 12.3. The molecule has 1 aliphatic heterocycles. The standard InChI is InChI=1S/C29H43N3O3S/c1-8-21(4)17-31(28(34)30-29(5,6)7)18-27(33)32-15-13-26-24(14-16-36-26)25(32)19-35-23-11-9-22(10-12-23)20(2)3/h9-12,14,16,20-21,25H,8,13,15,17-19H2,1-7H3,(H,30,34). The molecular formula is C29H43N3O3S. The van der Waals surface area contributed by atoms with Crippen molar-refractivity contribution in [1.29, 1.82) is 0 Å². The molecule has 0 saturated carbocycles. The van der Waals surface area contributed by atoms with E-state index in [4.69, 9.17) is 4.74 Å². The molecule has 0 saturated heterocycles. The van der Waals surface area contributed by atoms with Crippen molar-refractivity contribution in [1.82, 2.24) is 15.1 Å². The molecule has 0 radical (unpaired) electrons. The first-order valence-corrected chi connectivity index (χ1v) is 14.0. The van der Waals surface area contributed by atoms with Gasteiger partial charge in [0.25, 0.3) is 0 Å². The Labute approximate surface area is 221 Å². The molecule has 198 valence electrons. The van der Waals surface area contributed by atoms with Crippen LogP contribution in [0.3, 0.4) is 0 Å². The quantitative estimate of drug-likeness (QED) is 0.432. The van der Waals surface area contributed by atoms with Gasteiger partial charge in [-0.3, -0.25) is 4.79 Å². The van der Waals surface area contributed by atoms with Crippen molar-refractivity contribution in [2.24, 2.45) is 5.92 Å². The SMILES string of the molecule is CCC(C)CN(CC(=O)N1CCc2sccc2C1COc1ccc(C(C)C)cc1)C(=O)NC(C)(C)C. The summed E-state index contributed by atoms with van der Waals surface area (Å²) < 4.78 is 6.20.